The van der Waals surface area contributed by atoms with Crippen LogP contribution < -0.4 is 5.32 Å². The Morgan fingerprint density at radius 2 is 1.72 bits per heavy atom. The zero-order valence-electron chi connectivity index (χ0n) is 12.2. The van der Waals surface area contributed by atoms with Crippen LogP contribution in [-0.4, -0.2) is 6.54 Å². The van der Waals surface area contributed by atoms with E-state index in [1.165, 1.54) is 11.3 Å². The third-order valence-corrected chi connectivity index (χ3v) is 3.10. The predicted molar refractivity (Wildman–Crippen MR) is 77.6 cm³/mol. The van der Waals surface area contributed by atoms with Crippen LogP contribution in [0.5, 0.6) is 0 Å². The summed E-state index contributed by atoms with van der Waals surface area (Å²) in [4.78, 5) is 0. The van der Waals surface area contributed by atoms with Gasteiger partial charge in [0.25, 0.3) is 0 Å². The van der Waals surface area contributed by atoms with Crippen LogP contribution in [0.3, 0.4) is 0 Å². The predicted octanol–water partition coefficient (Wildman–Crippen LogP) is 4.34. The van der Waals surface area contributed by atoms with Gasteiger partial charge in [0.15, 0.2) is 0 Å². The molecule has 0 amide bonds. The molecule has 0 unspecified atom stereocenters. The van der Waals surface area contributed by atoms with Gasteiger partial charge in [-0.3, -0.25) is 0 Å². The number of rotatable bonds is 4. The fourth-order valence-electron chi connectivity index (χ4n) is 1.86. The highest BCUT2D eigenvalue weighted by molar-refractivity contribution is 5.54. The second kappa shape index (κ2) is 5.44. The molecular formula is C16H24N2. The van der Waals surface area contributed by atoms with Crippen molar-refractivity contribution in [1.82, 2.24) is 0 Å². The average molecular weight is 244 g/mol. The maximum absolute atomic E-state index is 9.00. The lowest BCUT2D eigenvalue weighted by atomic mass is 9.85. The molecule has 0 heterocycles. The van der Waals surface area contributed by atoms with Crippen LogP contribution in [0.2, 0.25) is 0 Å². The first-order valence-corrected chi connectivity index (χ1v) is 6.51. The molecule has 0 aliphatic heterocycles. The number of benzene rings is 1. The molecule has 1 aromatic rings. The van der Waals surface area contributed by atoms with Gasteiger partial charge in [-0.25, -0.2) is 0 Å². The minimum atomic E-state index is -0.260. The molecule has 1 rings (SSSR count). The number of hydrogen-bond donors (Lipinski definition) is 1. The quantitative estimate of drug-likeness (QED) is 0.855. The van der Waals surface area contributed by atoms with Gasteiger partial charge in [-0.2, -0.15) is 5.26 Å². The van der Waals surface area contributed by atoms with Gasteiger partial charge in [-0.05, 0) is 37.3 Å². The second-order valence-electron chi connectivity index (χ2n) is 6.47. The van der Waals surface area contributed by atoms with Gasteiger partial charge in [-0.1, -0.05) is 39.0 Å². The van der Waals surface area contributed by atoms with E-state index >= 15 is 0 Å². The summed E-state index contributed by atoms with van der Waals surface area (Å²) in [7, 11) is 0. The Morgan fingerprint density at radius 3 is 2.28 bits per heavy atom. The van der Waals surface area contributed by atoms with Crippen LogP contribution in [0.1, 0.15) is 46.6 Å². The molecule has 2 heteroatoms. The van der Waals surface area contributed by atoms with E-state index in [0.29, 0.717) is 0 Å². The Morgan fingerprint density at radius 1 is 1.11 bits per heavy atom. The Hall–Kier alpha value is -1.49. The fraction of sp³-hybridized carbons (Fsp3) is 0.562. The van der Waals surface area contributed by atoms with Crippen LogP contribution >= 0.6 is 0 Å². The van der Waals surface area contributed by atoms with Crippen LogP contribution in [0, 0.1) is 16.7 Å². The molecule has 98 valence electrons. The van der Waals surface area contributed by atoms with Crippen molar-refractivity contribution >= 4 is 5.69 Å². The molecule has 0 fully saturated rings. The maximum atomic E-state index is 9.00. The minimum Gasteiger partial charge on any atom is -0.385 e. The highest BCUT2D eigenvalue weighted by Crippen LogP contribution is 2.29. The third-order valence-electron chi connectivity index (χ3n) is 3.10. The Bertz CT molecular complexity index is 433. The second-order valence-corrected chi connectivity index (χ2v) is 6.47. The van der Waals surface area contributed by atoms with Gasteiger partial charge in [0.2, 0.25) is 0 Å². The van der Waals surface area contributed by atoms with Gasteiger partial charge in [0.05, 0.1) is 11.5 Å². The molecule has 0 aliphatic carbocycles. The summed E-state index contributed by atoms with van der Waals surface area (Å²) >= 11 is 0. The first kappa shape index (κ1) is 14.6. The Kier molecular flexibility index (Phi) is 4.40. The van der Waals surface area contributed by atoms with Crippen molar-refractivity contribution in [2.45, 2.75) is 46.5 Å². The average Bonchev–Trinajstić information content (AvgIpc) is 2.28. The highest BCUT2D eigenvalue weighted by Gasteiger charge is 2.19. The first-order chi connectivity index (χ1) is 8.26. The molecule has 0 bridgehead atoms. The fourth-order valence-corrected chi connectivity index (χ4v) is 1.86. The van der Waals surface area contributed by atoms with Gasteiger partial charge < -0.3 is 5.32 Å². The topological polar surface area (TPSA) is 35.8 Å². The van der Waals surface area contributed by atoms with Crippen LogP contribution in [-0.2, 0) is 5.41 Å². The molecule has 0 saturated carbocycles. The van der Waals surface area contributed by atoms with Gasteiger partial charge >= 0.3 is 0 Å². The van der Waals surface area contributed by atoms with Crippen molar-refractivity contribution < 1.29 is 0 Å². The van der Waals surface area contributed by atoms with Crippen LogP contribution in [0.25, 0.3) is 0 Å². The zero-order valence-corrected chi connectivity index (χ0v) is 12.2. The molecule has 0 atom stereocenters. The molecule has 2 nitrogen and oxygen atoms in total. The molecule has 1 N–H and O–H groups in total. The van der Waals surface area contributed by atoms with Crippen LogP contribution in [0.15, 0.2) is 24.3 Å². The van der Waals surface area contributed by atoms with Gasteiger partial charge in [0.1, 0.15) is 0 Å². The maximum Gasteiger partial charge on any atom is 0.0684 e. The summed E-state index contributed by atoms with van der Waals surface area (Å²) < 4.78 is 0. The molecule has 0 saturated heterocycles. The number of nitrogens with one attached hydrogen (secondary N) is 1. The summed E-state index contributed by atoms with van der Waals surface area (Å²) in [6.45, 7) is 11.4. The van der Waals surface area contributed by atoms with Crippen LogP contribution in [0.4, 0.5) is 5.69 Å². The minimum absolute atomic E-state index is 0.133. The van der Waals surface area contributed by atoms with Crippen molar-refractivity contribution in [3.63, 3.8) is 0 Å². The third kappa shape index (κ3) is 4.07. The number of nitriles is 1. The van der Waals surface area contributed by atoms with E-state index in [2.05, 4.69) is 50.4 Å². The molecule has 1 aromatic carbocycles. The van der Waals surface area contributed by atoms with E-state index in [4.69, 9.17) is 5.26 Å². The SMILES string of the molecule is CC(C)(C#N)CCNc1ccccc1C(C)(C)C. The van der Waals surface area contributed by atoms with E-state index in [9.17, 15) is 0 Å². The summed E-state index contributed by atoms with van der Waals surface area (Å²) in [5.74, 6) is 0. The van der Waals surface area contributed by atoms with E-state index in [1.807, 2.05) is 19.9 Å². The molecule has 0 radical (unpaired) electrons. The summed E-state index contributed by atoms with van der Waals surface area (Å²) in [5.41, 5.74) is 2.37. The standard InChI is InChI=1S/C16H24N2/c1-15(2,3)13-8-6-7-9-14(13)18-11-10-16(4,5)12-17/h6-9,18H,10-11H2,1-5H3. The molecule has 0 aromatic heterocycles. The smallest absolute Gasteiger partial charge is 0.0684 e. The van der Waals surface area contributed by atoms with Crippen molar-refractivity contribution in [2.75, 3.05) is 11.9 Å². The van der Waals surface area contributed by atoms with Gasteiger partial charge in [0, 0.05) is 12.2 Å². The summed E-state index contributed by atoms with van der Waals surface area (Å²) in [6, 6.07) is 10.7. The monoisotopic (exact) mass is 244 g/mol. The molecule has 0 aliphatic rings. The number of nitrogens with zero attached hydrogens (tertiary/aromatic N) is 1. The van der Waals surface area contributed by atoms with E-state index in [0.717, 1.165) is 13.0 Å². The molecular weight excluding hydrogens is 220 g/mol. The number of anilines is 1. The van der Waals surface area contributed by atoms with E-state index in [-0.39, 0.29) is 10.8 Å². The number of hydrogen-bond acceptors (Lipinski definition) is 2. The Balaban J connectivity index is 2.72. The van der Waals surface area contributed by atoms with Crippen molar-refractivity contribution in [3.05, 3.63) is 29.8 Å². The lowest BCUT2D eigenvalue weighted by molar-refractivity contribution is 0.466. The molecule has 18 heavy (non-hydrogen) atoms. The first-order valence-electron chi connectivity index (χ1n) is 6.51. The normalized spacial score (nSPS) is 12.0. The molecule has 0 spiro atoms. The lowest BCUT2D eigenvalue weighted by Gasteiger charge is -2.24. The number of para-hydroxylation sites is 1. The lowest BCUT2D eigenvalue weighted by Crippen LogP contribution is -2.18. The highest BCUT2D eigenvalue weighted by atomic mass is 14.9. The van der Waals surface area contributed by atoms with E-state index in [1.54, 1.807) is 0 Å². The van der Waals surface area contributed by atoms with Crippen molar-refractivity contribution in [2.24, 2.45) is 5.41 Å². The zero-order chi connectivity index (χ0) is 13.8. The summed E-state index contributed by atoms with van der Waals surface area (Å²) in [5, 5.41) is 12.5. The van der Waals surface area contributed by atoms with Gasteiger partial charge in [-0.15, -0.1) is 0 Å². The van der Waals surface area contributed by atoms with E-state index < -0.39 is 0 Å². The summed E-state index contributed by atoms with van der Waals surface area (Å²) in [6.07, 6.45) is 0.849. The Labute approximate surface area is 111 Å². The van der Waals surface area contributed by atoms with Crippen molar-refractivity contribution in [1.29, 1.82) is 5.26 Å². The largest absolute Gasteiger partial charge is 0.385 e. The van der Waals surface area contributed by atoms with Crippen molar-refractivity contribution in [3.8, 4) is 6.07 Å².